The van der Waals surface area contributed by atoms with E-state index in [2.05, 4.69) is 16.9 Å². The van der Waals surface area contributed by atoms with Crippen LogP contribution in [-0.4, -0.2) is 26.3 Å². The molecule has 0 radical (unpaired) electrons. The van der Waals surface area contributed by atoms with Gasteiger partial charge in [-0.2, -0.15) is 5.10 Å². The van der Waals surface area contributed by atoms with E-state index in [4.69, 9.17) is 6.57 Å². The molecule has 0 amide bonds. The molecule has 0 bridgehead atoms. The summed E-state index contributed by atoms with van der Waals surface area (Å²) in [6.07, 6.45) is 13.1. The molecule has 0 spiro atoms. The van der Waals surface area contributed by atoms with Crippen LogP contribution in [0.15, 0.2) is 12.4 Å². The first kappa shape index (κ1) is 22.8. The number of nitrogens with zero attached hydrogens (tertiary/aromatic N) is 3. The zero-order valence-electron chi connectivity index (χ0n) is 21.3. The monoisotopic (exact) mass is 463 g/mol. The number of hydrogen-bond acceptors (Lipinski definition) is 3. The number of rotatable bonds is 4. The molecule has 0 unspecified atom stereocenters. The van der Waals surface area contributed by atoms with Crippen LogP contribution in [0.25, 0.3) is 4.85 Å². The first-order chi connectivity index (χ1) is 16.0. The van der Waals surface area contributed by atoms with Crippen molar-refractivity contribution < 1.29 is 9.90 Å². The third-order valence-electron chi connectivity index (χ3n) is 11.3. The number of ketones is 1. The Hall–Kier alpha value is -1.67. The summed E-state index contributed by atoms with van der Waals surface area (Å²) in [5.74, 6) is 5.69. The van der Waals surface area contributed by atoms with Crippen LogP contribution in [0.2, 0.25) is 0 Å². The van der Waals surface area contributed by atoms with Crippen molar-refractivity contribution in [3.8, 4) is 0 Å². The average molecular weight is 464 g/mol. The second-order valence-electron chi connectivity index (χ2n) is 13.7. The molecule has 5 aliphatic rings. The molecule has 184 valence electrons. The van der Waals surface area contributed by atoms with Gasteiger partial charge in [0.25, 0.3) is 5.54 Å². The van der Waals surface area contributed by atoms with Crippen LogP contribution in [0.5, 0.6) is 0 Å². The van der Waals surface area contributed by atoms with Gasteiger partial charge in [0.2, 0.25) is 0 Å². The van der Waals surface area contributed by atoms with Crippen molar-refractivity contribution in [1.82, 2.24) is 9.78 Å². The lowest BCUT2D eigenvalue weighted by Crippen LogP contribution is -2.52. The lowest BCUT2D eigenvalue weighted by molar-refractivity contribution is -0.136. The van der Waals surface area contributed by atoms with Crippen LogP contribution in [-0.2, 0) is 16.9 Å². The molecule has 0 saturated heterocycles. The first-order valence-corrected chi connectivity index (χ1v) is 13.7. The highest BCUT2D eigenvalue weighted by Gasteiger charge is 2.70. The van der Waals surface area contributed by atoms with E-state index in [1.807, 2.05) is 27.0 Å². The zero-order chi connectivity index (χ0) is 24.0. The maximum atomic E-state index is 13.8. The van der Waals surface area contributed by atoms with Gasteiger partial charge >= 0.3 is 0 Å². The number of carbonyl (C=O) groups excluding carboxylic acids is 1. The highest BCUT2D eigenvalue weighted by Crippen LogP contribution is 2.74. The molecule has 0 aromatic carbocycles. The van der Waals surface area contributed by atoms with Crippen LogP contribution < -0.4 is 0 Å². The highest BCUT2D eigenvalue weighted by atomic mass is 16.3. The van der Waals surface area contributed by atoms with Gasteiger partial charge in [-0.3, -0.25) is 9.48 Å². The summed E-state index contributed by atoms with van der Waals surface area (Å²) >= 11 is 0. The van der Waals surface area contributed by atoms with Crippen LogP contribution in [0.3, 0.4) is 0 Å². The SMILES string of the molecule is [C-]#[N+]C(C)(C)c1cnn(CC(=O)[C@H]2[C@H]3C[C@H]3[C@H]3[C@@H]4CC[C@@H]5C[C@](C)(O)CC[C@@H]5[C@H]4CC[C@@]32C)c1. The highest BCUT2D eigenvalue weighted by molar-refractivity contribution is 5.83. The normalized spacial score (nSPS) is 47.1. The molecule has 5 aliphatic carbocycles. The lowest BCUT2D eigenvalue weighted by atomic mass is 9.48. The summed E-state index contributed by atoms with van der Waals surface area (Å²) in [5, 5.41) is 15.1. The largest absolute Gasteiger partial charge is 0.390 e. The van der Waals surface area contributed by atoms with Crippen LogP contribution in [0.4, 0.5) is 0 Å². The fourth-order valence-corrected chi connectivity index (χ4v) is 9.74. The number of hydrogen-bond donors (Lipinski definition) is 1. The van der Waals surface area contributed by atoms with E-state index >= 15 is 0 Å². The van der Waals surface area contributed by atoms with Gasteiger partial charge in [0.05, 0.1) is 23.9 Å². The van der Waals surface area contributed by atoms with Crippen LogP contribution in [0.1, 0.15) is 84.6 Å². The van der Waals surface area contributed by atoms with Crippen LogP contribution >= 0.6 is 0 Å². The summed E-state index contributed by atoms with van der Waals surface area (Å²) in [6.45, 7) is 16.1. The zero-order valence-corrected chi connectivity index (χ0v) is 21.3. The van der Waals surface area contributed by atoms with E-state index in [0.29, 0.717) is 30.1 Å². The number of carbonyl (C=O) groups is 1. The maximum Gasteiger partial charge on any atom is 0.255 e. The van der Waals surface area contributed by atoms with Gasteiger partial charge in [0.15, 0.2) is 5.78 Å². The molecular weight excluding hydrogens is 422 g/mol. The smallest absolute Gasteiger partial charge is 0.255 e. The number of Topliss-reactive ketones (excluding diaryl/α,β-unsaturated/α-hetero) is 1. The summed E-state index contributed by atoms with van der Waals surface area (Å²) in [6, 6.07) is 0. The molecule has 1 heterocycles. The molecule has 10 atom stereocenters. The van der Waals surface area contributed by atoms with E-state index in [0.717, 1.165) is 42.1 Å². The Morgan fingerprint density at radius 3 is 2.68 bits per heavy atom. The summed E-state index contributed by atoms with van der Waals surface area (Å²) < 4.78 is 1.78. The predicted octanol–water partition coefficient (Wildman–Crippen LogP) is 5.48. The van der Waals surface area contributed by atoms with Gasteiger partial charge in [-0.15, -0.1) is 0 Å². The van der Waals surface area contributed by atoms with Crippen molar-refractivity contribution >= 4 is 5.78 Å². The molecule has 1 N–H and O–H groups in total. The summed E-state index contributed by atoms with van der Waals surface area (Å²) in [7, 11) is 0. The van der Waals surface area contributed by atoms with E-state index in [-0.39, 0.29) is 11.3 Å². The second-order valence-corrected chi connectivity index (χ2v) is 13.7. The minimum Gasteiger partial charge on any atom is -0.390 e. The molecule has 5 nitrogen and oxygen atoms in total. The quantitative estimate of drug-likeness (QED) is 0.601. The number of aliphatic hydroxyl groups is 1. The van der Waals surface area contributed by atoms with Crippen molar-refractivity contribution in [3.63, 3.8) is 0 Å². The minimum absolute atomic E-state index is 0.143. The Labute approximate surface area is 204 Å². The summed E-state index contributed by atoms with van der Waals surface area (Å²) in [5.41, 5.74) is -0.0272. The second kappa shape index (κ2) is 7.42. The fourth-order valence-electron chi connectivity index (χ4n) is 9.74. The van der Waals surface area contributed by atoms with Gasteiger partial charge < -0.3 is 9.95 Å². The first-order valence-electron chi connectivity index (χ1n) is 13.7. The topological polar surface area (TPSA) is 59.5 Å². The summed E-state index contributed by atoms with van der Waals surface area (Å²) in [4.78, 5) is 17.5. The Balaban J connectivity index is 1.20. The Kier molecular flexibility index (Phi) is 4.97. The Morgan fingerprint density at radius 2 is 1.91 bits per heavy atom. The van der Waals surface area contributed by atoms with Crippen molar-refractivity contribution in [2.24, 2.45) is 52.8 Å². The standard InChI is InChI=1S/C29H41N3O2/c1-27(2,30-5)18-14-31-32(15-18)16-24(33)26-23-12-22(23)25-21-7-6-17-13-28(3,34)10-8-19(17)20(21)9-11-29(25,26)4/h14-15,17,19-23,25-26,34H,6-13,16H2,1-4H3/t17-,19+,20-,21-,22-,23+,25-,26-,28-,29+/m1/s1. The number of fused-ring (bicyclic) bond motifs is 7. The van der Waals surface area contributed by atoms with Gasteiger partial charge in [-0.25, -0.2) is 6.57 Å². The molecular formula is C29H41N3O2. The Morgan fingerprint density at radius 1 is 1.15 bits per heavy atom. The van der Waals surface area contributed by atoms with Crippen molar-refractivity contribution in [2.75, 3.05) is 0 Å². The van der Waals surface area contributed by atoms with E-state index < -0.39 is 11.1 Å². The molecule has 5 fully saturated rings. The fraction of sp³-hybridized carbons (Fsp3) is 0.828. The van der Waals surface area contributed by atoms with Crippen LogP contribution in [0, 0.1) is 59.3 Å². The molecule has 5 saturated carbocycles. The van der Waals surface area contributed by atoms with Gasteiger partial charge in [-0.05, 0) is 105 Å². The lowest BCUT2D eigenvalue weighted by Gasteiger charge is -2.57. The molecule has 1 aromatic rings. The van der Waals surface area contributed by atoms with E-state index in [1.54, 1.807) is 10.9 Å². The third-order valence-corrected chi connectivity index (χ3v) is 11.3. The Bertz CT molecular complexity index is 1030. The van der Waals surface area contributed by atoms with Crippen molar-refractivity contribution in [3.05, 3.63) is 29.4 Å². The maximum absolute atomic E-state index is 13.8. The van der Waals surface area contributed by atoms with Crippen molar-refractivity contribution in [1.29, 1.82) is 0 Å². The van der Waals surface area contributed by atoms with Gasteiger partial charge in [-0.1, -0.05) is 6.92 Å². The van der Waals surface area contributed by atoms with E-state index in [9.17, 15) is 9.90 Å². The van der Waals surface area contributed by atoms with Gasteiger partial charge in [0, 0.05) is 26.0 Å². The average Bonchev–Trinajstić information content (AvgIpc) is 3.26. The number of aromatic nitrogens is 2. The molecule has 5 heteroatoms. The molecule has 34 heavy (non-hydrogen) atoms. The van der Waals surface area contributed by atoms with E-state index in [1.165, 1.54) is 38.5 Å². The molecule has 0 aliphatic heterocycles. The minimum atomic E-state index is -0.600. The van der Waals surface area contributed by atoms with Crippen molar-refractivity contribution in [2.45, 2.75) is 96.7 Å². The molecule has 6 rings (SSSR count). The third kappa shape index (κ3) is 3.34. The van der Waals surface area contributed by atoms with Gasteiger partial charge in [0.1, 0.15) is 0 Å². The molecule has 1 aromatic heterocycles. The predicted molar refractivity (Wildman–Crippen MR) is 130 cm³/mol.